The summed E-state index contributed by atoms with van der Waals surface area (Å²) in [6, 6.07) is 0. The standard InChI is InChI=1S/C5H7ClN2OS/c1-3(9-2)4-7-5(6)10-8-4/h3H,1-2H3/t3-/m1/s1. The van der Waals surface area contributed by atoms with Crippen molar-refractivity contribution in [3.8, 4) is 0 Å². The van der Waals surface area contributed by atoms with E-state index < -0.39 is 0 Å². The van der Waals surface area contributed by atoms with Gasteiger partial charge >= 0.3 is 0 Å². The molecule has 1 aromatic heterocycles. The number of halogens is 1. The Morgan fingerprint density at radius 3 is 2.80 bits per heavy atom. The van der Waals surface area contributed by atoms with E-state index in [-0.39, 0.29) is 6.10 Å². The summed E-state index contributed by atoms with van der Waals surface area (Å²) in [6.07, 6.45) is -0.0660. The normalized spacial score (nSPS) is 13.5. The van der Waals surface area contributed by atoms with E-state index in [1.807, 2.05) is 6.92 Å². The summed E-state index contributed by atoms with van der Waals surface area (Å²) in [7, 11) is 1.61. The van der Waals surface area contributed by atoms with Gasteiger partial charge in [0.05, 0.1) is 0 Å². The minimum Gasteiger partial charge on any atom is -0.374 e. The minimum atomic E-state index is -0.0660. The van der Waals surface area contributed by atoms with Gasteiger partial charge < -0.3 is 4.74 Å². The maximum Gasteiger partial charge on any atom is 0.203 e. The molecule has 0 fully saturated rings. The molecule has 5 heteroatoms. The molecule has 0 aliphatic heterocycles. The third-order valence-electron chi connectivity index (χ3n) is 1.13. The predicted octanol–water partition coefficient (Wildman–Crippen LogP) is 1.90. The van der Waals surface area contributed by atoms with Crippen molar-refractivity contribution in [3.05, 3.63) is 10.3 Å². The number of hydrogen-bond acceptors (Lipinski definition) is 4. The predicted molar refractivity (Wildman–Crippen MR) is 40.3 cm³/mol. The SMILES string of the molecule is CO[C@H](C)c1nsc(Cl)n1. The lowest BCUT2D eigenvalue weighted by molar-refractivity contribution is 0.113. The van der Waals surface area contributed by atoms with E-state index in [1.165, 1.54) is 11.5 Å². The fourth-order valence-electron chi connectivity index (χ4n) is 0.486. The van der Waals surface area contributed by atoms with Crippen molar-refractivity contribution in [2.45, 2.75) is 13.0 Å². The van der Waals surface area contributed by atoms with Crippen molar-refractivity contribution in [1.29, 1.82) is 0 Å². The van der Waals surface area contributed by atoms with Crippen molar-refractivity contribution in [3.63, 3.8) is 0 Å². The van der Waals surface area contributed by atoms with Gasteiger partial charge in [0.1, 0.15) is 6.10 Å². The molecule has 0 unspecified atom stereocenters. The molecule has 56 valence electrons. The first-order valence-corrected chi connectivity index (χ1v) is 3.91. The fourth-order valence-corrected chi connectivity index (χ4v) is 1.17. The quantitative estimate of drug-likeness (QED) is 0.694. The number of aromatic nitrogens is 2. The number of ether oxygens (including phenoxy) is 1. The minimum absolute atomic E-state index is 0.0660. The number of rotatable bonds is 2. The first kappa shape index (κ1) is 7.91. The second-order valence-corrected chi connectivity index (χ2v) is 3.12. The Morgan fingerprint density at radius 2 is 2.40 bits per heavy atom. The Balaban J connectivity index is 2.74. The third-order valence-corrected chi connectivity index (χ3v) is 1.95. The molecule has 1 rings (SSSR count). The average Bonchev–Trinajstić information content (AvgIpc) is 2.34. The van der Waals surface area contributed by atoms with E-state index in [0.717, 1.165) is 0 Å². The van der Waals surface area contributed by atoms with Gasteiger partial charge in [-0.1, -0.05) is 0 Å². The van der Waals surface area contributed by atoms with E-state index in [4.69, 9.17) is 16.3 Å². The summed E-state index contributed by atoms with van der Waals surface area (Å²) in [5.74, 6) is 0.650. The van der Waals surface area contributed by atoms with Crippen LogP contribution in [-0.2, 0) is 4.74 Å². The lowest BCUT2D eigenvalue weighted by atomic mass is 10.4. The first-order chi connectivity index (χ1) is 4.74. The van der Waals surface area contributed by atoms with E-state index in [2.05, 4.69) is 9.36 Å². The van der Waals surface area contributed by atoms with Crippen LogP contribution in [0.4, 0.5) is 0 Å². The van der Waals surface area contributed by atoms with Gasteiger partial charge in [-0.05, 0) is 30.1 Å². The van der Waals surface area contributed by atoms with Crippen LogP contribution in [0.25, 0.3) is 0 Å². The second kappa shape index (κ2) is 3.27. The van der Waals surface area contributed by atoms with Crippen molar-refractivity contribution in [2.75, 3.05) is 7.11 Å². The van der Waals surface area contributed by atoms with Crippen LogP contribution in [-0.4, -0.2) is 16.5 Å². The molecule has 0 saturated carbocycles. The lowest BCUT2D eigenvalue weighted by Gasteiger charge is -2.01. The van der Waals surface area contributed by atoms with Gasteiger partial charge in [0, 0.05) is 7.11 Å². The van der Waals surface area contributed by atoms with Crippen LogP contribution >= 0.6 is 23.1 Å². The first-order valence-electron chi connectivity index (χ1n) is 2.76. The summed E-state index contributed by atoms with van der Waals surface area (Å²) in [5.41, 5.74) is 0. The van der Waals surface area contributed by atoms with E-state index in [0.29, 0.717) is 10.3 Å². The number of nitrogens with zero attached hydrogens (tertiary/aromatic N) is 2. The third kappa shape index (κ3) is 1.65. The van der Waals surface area contributed by atoms with Crippen molar-refractivity contribution in [2.24, 2.45) is 0 Å². The molecule has 0 spiro atoms. The van der Waals surface area contributed by atoms with Crippen LogP contribution in [0.3, 0.4) is 0 Å². The summed E-state index contributed by atoms with van der Waals surface area (Å²) in [6.45, 7) is 1.87. The van der Waals surface area contributed by atoms with E-state index in [1.54, 1.807) is 7.11 Å². The highest BCUT2D eigenvalue weighted by atomic mass is 35.5. The number of hydrogen-bond donors (Lipinski definition) is 0. The van der Waals surface area contributed by atoms with Crippen LogP contribution in [0.2, 0.25) is 4.47 Å². The lowest BCUT2D eigenvalue weighted by Crippen LogP contribution is -1.97. The zero-order valence-electron chi connectivity index (χ0n) is 5.67. The van der Waals surface area contributed by atoms with Gasteiger partial charge in [-0.3, -0.25) is 0 Å². The molecule has 1 aromatic rings. The Hall–Kier alpha value is -0.190. The van der Waals surface area contributed by atoms with Gasteiger partial charge in [0.2, 0.25) is 4.47 Å². The smallest absolute Gasteiger partial charge is 0.203 e. The second-order valence-electron chi connectivity index (χ2n) is 1.78. The molecule has 0 aromatic carbocycles. The highest BCUT2D eigenvalue weighted by Crippen LogP contribution is 2.17. The molecule has 0 amide bonds. The van der Waals surface area contributed by atoms with Gasteiger partial charge in [-0.2, -0.15) is 4.37 Å². The van der Waals surface area contributed by atoms with Crippen LogP contribution in [0.1, 0.15) is 18.9 Å². The molecular weight excluding hydrogens is 172 g/mol. The molecule has 1 heterocycles. The zero-order chi connectivity index (χ0) is 7.56. The Bertz CT molecular complexity index is 215. The molecule has 1 atom stereocenters. The monoisotopic (exact) mass is 178 g/mol. The molecule has 0 radical (unpaired) electrons. The average molecular weight is 179 g/mol. The number of methoxy groups -OCH3 is 1. The molecule has 0 aliphatic rings. The Kier molecular flexibility index (Phi) is 2.59. The van der Waals surface area contributed by atoms with Crippen LogP contribution in [0.5, 0.6) is 0 Å². The fraction of sp³-hybridized carbons (Fsp3) is 0.600. The highest BCUT2D eigenvalue weighted by molar-refractivity contribution is 7.10. The molecular formula is C5H7ClN2OS. The summed E-state index contributed by atoms with van der Waals surface area (Å²) >= 11 is 6.72. The zero-order valence-corrected chi connectivity index (χ0v) is 7.24. The summed E-state index contributed by atoms with van der Waals surface area (Å²) in [4.78, 5) is 3.93. The van der Waals surface area contributed by atoms with Crippen LogP contribution in [0.15, 0.2) is 0 Å². The topological polar surface area (TPSA) is 35.0 Å². The highest BCUT2D eigenvalue weighted by Gasteiger charge is 2.08. The molecule has 3 nitrogen and oxygen atoms in total. The van der Waals surface area contributed by atoms with E-state index >= 15 is 0 Å². The largest absolute Gasteiger partial charge is 0.374 e. The van der Waals surface area contributed by atoms with Crippen LogP contribution in [0, 0.1) is 0 Å². The molecule has 10 heavy (non-hydrogen) atoms. The maximum absolute atomic E-state index is 5.55. The van der Waals surface area contributed by atoms with Crippen molar-refractivity contribution in [1.82, 2.24) is 9.36 Å². The van der Waals surface area contributed by atoms with Crippen molar-refractivity contribution >= 4 is 23.1 Å². The van der Waals surface area contributed by atoms with Gasteiger partial charge in [-0.25, -0.2) is 4.98 Å². The Labute approximate surface area is 68.2 Å². The van der Waals surface area contributed by atoms with Crippen molar-refractivity contribution < 1.29 is 4.74 Å². The van der Waals surface area contributed by atoms with Gasteiger partial charge in [-0.15, -0.1) is 0 Å². The molecule has 0 saturated heterocycles. The maximum atomic E-state index is 5.55. The molecule has 0 aliphatic carbocycles. The van der Waals surface area contributed by atoms with E-state index in [9.17, 15) is 0 Å². The summed E-state index contributed by atoms with van der Waals surface area (Å²) in [5, 5.41) is 0. The molecule has 0 N–H and O–H groups in total. The molecule has 0 bridgehead atoms. The summed E-state index contributed by atoms with van der Waals surface area (Å²) < 4.78 is 9.39. The van der Waals surface area contributed by atoms with Crippen LogP contribution < -0.4 is 0 Å². The Morgan fingerprint density at radius 1 is 1.70 bits per heavy atom. The van der Waals surface area contributed by atoms with Gasteiger partial charge in [0.25, 0.3) is 0 Å². The van der Waals surface area contributed by atoms with Gasteiger partial charge in [0.15, 0.2) is 5.82 Å².